The molecule has 0 fully saturated rings. The number of nitrogens with one attached hydrogen (secondary N) is 1. The lowest BCUT2D eigenvalue weighted by Crippen LogP contribution is -2.26. The minimum absolute atomic E-state index is 0.0585. The first-order valence-electron chi connectivity index (χ1n) is 10.8. The van der Waals surface area contributed by atoms with Crippen LogP contribution in [0, 0.1) is 11.8 Å². The van der Waals surface area contributed by atoms with Crippen LogP contribution in [0.1, 0.15) is 29.0 Å². The van der Waals surface area contributed by atoms with Crippen LogP contribution in [0.4, 0.5) is 4.79 Å². The standard InChI is InChI=1S/C27H23NO4/c29-27(28-14-6-5-7-19-12-13-25-26(17-19)31-16-15-30-25)32-18-24-22-10-3-1-8-20(22)21-9-2-4-11-23(21)24/h1-4,8-13,17,24H,6,14-16,18H2,(H,28,29). The van der Waals surface area contributed by atoms with Crippen LogP contribution in [-0.2, 0) is 4.74 Å². The molecule has 0 aromatic heterocycles. The van der Waals surface area contributed by atoms with E-state index in [0.717, 1.165) is 17.1 Å². The van der Waals surface area contributed by atoms with Crippen LogP contribution in [0.25, 0.3) is 11.1 Å². The third-order valence-electron chi connectivity index (χ3n) is 5.64. The summed E-state index contributed by atoms with van der Waals surface area (Å²) in [5.74, 6) is 7.69. The Morgan fingerprint density at radius 3 is 2.38 bits per heavy atom. The molecule has 5 rings (SSSR count). The summed E-state index contributed by atoms with van der Waals surface area (Å²) in [7, 11) is 0. The van der Waals surface area contributed by atoms with Crippen molar-refractivity contribution >= 4 is 6.09 Å². The number of hydrogen-bond donors (Lipinski definition) is 1. The van der Waals surface area contributed by atoms with Crippen LogP contribution < -0.4 is 14.8 Å². The van der Waals surface area contributed by atoms with E-state index >= 15 is 0 Å². The smallest absolute Gasteiger partial charge is 0.407 e. The fourth-order valence-electron chi connectivity index (χ4n) is 4.16. The molecule has 1 aliphatic heterocycles. The Balaban J connectivity index is 1.12. The summed E-state index contributed by atoms with van der Waals surface area (Å²) < 4.78 is 16.6. The van der Waals surface area contributed by atoms with E-state index in [1.54, 1.807) is 0 Å². The number of fused-ring (bicyclic) bond motifs is 4. The molecular formula is C27H23NO4. The molecule has 0 radical (unpaired) electrons. The Bertz CT molecular complexity index is 1160. The molecule has 1 aliphatic carbocycles. The lowest BCUT2D eigenvalue weighted by Gasteiger charge is -2.17. The maximum absolute atomic E-state index is 12.2. The number of benzene rings is 3. The minimum atomic E-state index is -0.423. The maximum Gasteiger partial charge on any atom is 0.407 e. The number of rotatable bonds is 4. The van der Waals surface area contributed by atoms with Gasteiger partial charge in [0.15, 0.2) is 11.5 Å². The van der Waals surface area contributed by atoms with E-state index in [0.29, 0.717) is 32.8 Å². The van der Waals surface area contributed by atoms with Gasteiger partial charge in [0.05, 0.1) is 0 Å². The van der Waals surface area contributed by atoms with Gasteiger partial charge >= 0.3 is 6.09 Å². The van der Waals surface area contributed by atoms with Crippen molar-refractivity contribution in [3.8, 4) is 34.5 Å². The molecule has 3 aromatic rings. The van der Waals surface area contributed by atoms with Crippen molar-refractivity contribution in [3.63, 3.8) is 0 Å². The highest BCUT2D eigenvalue weighted by molar-refractivity contribution is 5.79. The number of carbonyl (C=O) groups is 1. The monoisotopic (exact) mass is 425 g/mol. The van der Waals surface area contributed by atoms with Crippen molar-refractivity contribution in [1.29, 1.82) is 0 Å². The summed E-state index contributed by atoms with van der Waals surface area (Å²) in [6.07, 6.45) is 0.103. The van der Waals surface area contributed by atoms with Gasteiger partial charge < -0.3 is 19.5 Å². The van der Waals surface area contributed by atoms with Crippen LogP contribution >= 0.6 is 0 Å². The first-order valence-corrected chi connectivity index (χ1v) is 10.8. The normalized spacial score (nSPS) is 13.4. The van der Waals surface area contributed by atoms with E-state index in [9.17, 15) is 4.79 Å². The van der Waals surface area contributed by atoms with Gasteiger partial charge in [-0.15, -0.1) is 0 Å². The van der Waals surface area contributed by atoms with E-state index in [4.69, 9.17) is 14.2 Å². The molecule has 1 N–H and O–H groups in total. The fraction of sp³-hybridized carbons (Fsp3) is 0.222. The van der Waals surface area contributed by atoms with Crippen LogP contribution in [-0.4, -0.2) is 32.5 Å². The first-order chi connectivity index (χ1) is 15.8. The predicted molar refractivity (Wildman–Crippen MR) is 122 cm³/mol. The lowest BCUT2D eigenvalue weighted by atomic mass is 9.98. The average Bonchev–Trinajstić information content (AvgIpc) is 3.16. The molecule has 5 nitrogen and oxygen atoms in total. The molecule has 0 unspecified atom stereocenters. The summed E-state index contributed by atoms with van der Waals surface area (Å²) in [5, 5.41) is 2.78. The molecule has 0 saturated carbocycles. The van der Waals surface area contributed by atoms with Crippen LogP contribution in [0.3, 0.4) is 0 Å². The Morgan fingerprint density at radius 1 is 0.938 bits per heavy atom. The second-order valence-corrected chi connectivity index (χ2v) is 7.66. The SMILES string of the molecule is O=C(NCCC#Cc1ccc2c(c1)OCCO2)OCC1c2ccccc2-c2ccccc21. The highest BCUT2D eigenvalue weighted by Crippen LogP contribution is 2.44. The first kappa shape index (κ1) is 20.0. The molecule has 3 aromatic carbocycles. The third kappa shape index (κ3) is 4.13. The molecule has 32 heavy (non-hydrogen) atoms. The van der Waals surface area contributed by atoms with Gasteiger partial charge in [-0.2, -0.15) is 0 Å². The van der Waals surface area contributed by atoms with Gasteiger partial charge in [0.1, 0.15) is 19.8 Å². The lowest BCUT2D eigenvalue weighted by molar-refractivity contribution is 0.143. The van der Waals surface area contributed by atoms with Crippen molar-refractivity contribution in [3.05, 3.63) is 83.4 Å². The van der Waals surface area contributed by atoms with E-state index in [2.05, 4.69) is 41.4 Å². The Kier molecular flexibility index (Phi) is 5.67. The number of amides is 1. The Labute approximate surface area is 187 Å². The summed E-state index contributed by atoms with van der Waals surface area (Å²) in [4.78, 5) is 12.2. The third-order valence-corrected chi connectivity index (χ3v) is 5.64. The van der Waals surface area contributed by atoms with Crippen LogP contribution in [0.15, 0.2) is 66.7 Å². The highest BCUT2D eigenvalue weighted by Gasteiger charge is 2.28. The van der Waals surface area contributed by atoms with E-state index < -0.39 is 6.09 Å². The largest absolute Gasteiger partial charge is 0.486 e. The highest BCUT2D eigenvalue weighted by atomic mass is 16.6. The van der Waals surface area contributed by atoms with Gasteiger partial charge in [-0.25, -0.2) is 4.79 Å². The molecule has 2 aliphatic rings. The van der Waals surface area contributed by atoms with Gasteiger partial charge in [-0.1, -0.05) is 60.4 Å². The quantitative estimate of drug-likeness (QED) is 0.485. The molecule has 0 atom stereocenters. The second kappa shape index (κ2) is 9.07. The fourth-order valence-corrected chi connectivity index (χ4v) is 4.16. The Morgan fingerprint density at radius 2 is 1.62 bits per heavy atom. The summed E-state index contributed by atoms with van der Waals surface area (Å²) in [6.45, 7) is 1.85. The number of hydrogen-bond acceptors (Lipinski definition) is 4. The van der Waals surface area contributed by atoms with Crippen molar-refractivity contribution in [2.45, 2.75) is 12.3 Å². The van der Waals surface area contributed by atoms with Gasteiger partial charge in [0.2, 0.25) is 0 Å². The molecule has 5 heteroatoms. The van der Waals surface area contributed by atoms with Crippen LogP contribution in [0.2, 0.25) is 0 Å². The van der Waals surface area contributed by atoms with Crippen molar-refractivity contribution < 1.29 is 19.0 Å². The van der Waals surface area contributed by atoms with Crippen molar-refractivity contribution in [2.75, 3.05) is 26.4 Å². The summed E-state index contributed by atoms with van der Waals surface area (Å²) in [6, 6.07) is 22.2. The van der Waals surface area contributed by atoms with E-state index in [1.807, 2.05) is 42.5 Å². The van der Waals surface area contributed by atoms with Gasteiger partial charge in [-0.3, -0.25) is 0 Å². The molecule has 1 heterocycles. The van der Waals surface area contributed by atoms with Gasteiger partial charge in [0, 0.05) is 24.4 Å². The Hall–Kier alpha value is -3.91. The number of ether oxygens (including phenoxy) is 3. The number of alkyl carbamates (subject to hydrolysis) is 1. The van der Waals surface area contributed by atoms with E-state index in [1.165, 1.54) is 22.3 Å². The van der Waals surface area contributed by atoms with Gasteiger partial charge in [-0.05, 0) is 40.5 Å². The maximum atomic E-state index is 12.2. The molecule has 0 bridgehead atoms. The predicted octanol–water partition coefficient (Wildman–Crippen LogP) is 4.74. The van der Waals surface area contributed by atoms with Crippen LogP contribution in [0.5, 0.6) is 11.5 Å². The van der Waals surface area contributed by atoms with Crippen molar-refractivity contribution in [1.82, 2.24) is 5.32 Å². The zero-order chi connectivity index (χ0) is 21.8. The molecule has 0 spiro atoms. The van der Waals surface area contributed by atoms with Crippen molar-refractivity contribution in [2.24, 2.45) is 0 Å². The molecule has 160 valence electrons. The minimum Gasteiger partial charge on any atom is -0.486 e. The molecular weight excluding hydrogens is 402 g/mol. The summed E-state index contributed by atoms with van der Waals surface area (Å²) >= 11 is 0. The topological polar surface area (TPSA) is 56.8 Å². The zero-order valence-corrected chi connectivity index (χ0v) is 17.6. The molecule has 0 saturated heterocycles. The molecule has 1 amide bonds. The average molecular weight is 425 g/mol. The van der Waals surface area contributed by atoms with Gasteiger partial charge in [0.25, 0.3) is 0 Å². The summed E-state index contributed by atoms with van der Waals surface area (Å²) in [5.41, 5.74) is 5.69. The van der Waals surface area contributed by atoms with E-state index in [-0.39, 0.29) is 5.92 Å². The number of carbonyl (C=O) groups excluding carboxylic acids is 1. The zero-order valence-electron chi connectivity index (χ0n) is 17.6. The second-order valence-electron chi connectivity index (χ2n) is 7.66.